The largest absolute Gasteiger partial charge is 0.345 e. The summed E-state index contributed by atoms with van der Waals surface area (Å²) in [6.45, 7) is 2.24. The van der Waals surface area contributed by atoms with Crippen LogP contribution in [0.2, 0.25) is 0 Å². The Hall–Kier alpha value is -4.67. The first-order valence-electron chi connectivity index (χ1n) is 14.6. The molecule has 0 aliphatic carbocycles. The molecule has 42 heavy (non-hydrogen) atoms. The lowest BCUT2D eigenvalue weighted by Crippen LogP contribution is -2.70. The zero-order valence-electron chi connectivity index (χ0n) is 24.0. The summed E-state index contributed by atoms with van der Waals surface area (Å²) in [5, 5.41) is 4.21. The maximum atomic E-state index is 4.91. The second kappa shape index (κ2) is 12.9. The van der Waals surface area contributed by atoms with Crippen molar-refractivity contribution < 1.29 is 0 Å². The molecule has 1 heterocycles. The van der Waals surface area contributed by atoms with Crippen molar-refractivity contribution in [2.75, 3.05) is 0 Å². The molecular weight excluding hydrogens is 523 g/mol. The molecule has 0 unspecified atom stereocenters. The van der Waals surface area contributed by atoms with Crippen LogP contribution in [0.15, 0.2) is 158 Å². The third kappa shape index (κ3) is 5.86. The molecule has 0 N–H and O–H groups in total. The van der Waals surface area contributed by atoms with E-state index in [1.807, 2.05) is 6.20 Å². The van der Waals surface area contributed by atoms with Gasteiger partial charge in [-0.2, -0.15) is 0 Å². The van der Waals surface area contributed by atoms with Gasteiger partial charge in [0.25, 0.3) is 0 Å². The van der Waals surface area contributed by atoms with E-state index in [4.69, 9.17) is 4.98 Å². The predicted molar refractivity (Wildman–Crippen MR) is 182 cm³/mol. The molecule has 6 rings (SSSR count). The second-order valence-corrected chi connectivity index (χ2v) is 14.5. The van der Waals surface area contributed by atoms with Crippen molar-refractivity contribution in [1.29, 1.82) is 0 Å². The van der Waals surface area contributed by atoms with E-state index >= 15 is 0 Å². The molecule has 0 aliphatic rings. The topological polar surface area (TPSA) is 17.8 Å². The SMILES string of the molecule is CCc1cccc([Si](Cn2ccnc2[B]C(=Cc2ccccc2)c2ccccc2)(c2ccccc2)c2ccccc2)c1. The normalized spacial score (nSPS) is 11.8. The fraction of sp³-hybridized carbons (Fsp3) is 0.0789. The second-order valence-electron chi connectivity index (χ2n) is 10.6. The Kier molecular flexibility index (Phi) is 8.44. The summed E-state index contributed by atoms with van der Waals surface area (Å²) in [6, 6.07) is 52.6. The third-order valence-corrected chi connectivity index (χ3v) is 12.8. The molecule has 0 saturated carbocycles. The van der Waals surface area contributed by atoms with Gasteiger partial charge in [-0.15, -0.1) is 0 Å². The number of hydrogen-bond donors (Lipinski definition) is 0. The van der Waals surface area contributed by atoms with E-state index in [-0.39, 0.29) is 0 Å². The highest BCUT2D eigenvalue weighted by Crippen LogP contribution is 2.18. The van der Waals surface area contributed by atoms with Crippen LogP contribution in [0.5, 0.6) is 0 Å². The van der Waals surface area contributed by atoms with Crippen LogP contribution in [0.25, 0.3) is 11.5 Å². The van der Waals surface area contributed by atoms with Gasteiger partial charge in [-0.1, -0.05) is 164 Å². The van der Waals surface area contributed by atoms with Gasteiger partial charge in [-0.25, -0.2) is 0 Å². The van der Waals surface area contributed by atoms with E-state index in [0.717, 1.165) is 23.8 Å². The summed E-state index contributed by atoms with van der Waals surface area (Å²) >= 11 is 0. The molecule has 203 valence electrons. The molecule has 5 aromatic carbocycles. The molecule has 1 aromatic heterocycles. The van der Waals surface area contributed by atoms with Crippen LogP contribution in [0, 0.1) is 0 Å². The molecule has 0 aliphatic heterocycles. The maximum Gasteiger partial charge on any atom is 0.241 e. The highest BCUT2D eigenvalue weighted by atomic mass is 28.3. The van der Waals surface area contributed by atoms with Crippen LogP contribution in [-0.4, -0.2) is 24.9 Å². The van der Waals surface area contributed by atoms with Crippen molar-refractivity contribution >= 4 is 48.2 Å². The zero-order valence-corrected chi connectivity index (χ0v) is 25.0. The Labute approximate surface area is 251 Å². The van der Waals surface area contributed by atoms with E-state index in [1.165, 1.54) is 32.3 Å². The molecule has 1 radical (unpaired) electrons. The summed E-state index contributed by atoms with van der Waals surface area (Å²) < 4.78 is 2.37. The number of imidazole rings is 1. The van der Waals surface area contributed by atoms with Crippen LogP contribution < -0.4 is 21.3 Å². The summed E-state index contributed by atoms with van der Waals surface area (Å²) in [6.07, 6.45) is 8.19. The number of aryl methyl sites for hydroxylation is 1. The van der Waals surface area contributed by atoms with Gasteiger partial charge < -0.3 is 4.57 Å². The van der Waals surface area contributed by atoms with Crippen molar-refractivity contribution in [3.8, 4) is 0 Å². The first-order chi connectivity index (χ1) is 20.8. The van der Waals surface area contributed by atoms with Crippen molar-refractivity contribution in [2.45, 2.75) is 19.5 Å². The quantitative estimate of drug-likeness (QED) is 0.120. The number of aromatic nitrogens is 2. The Bertz CT molecular complexity index is 1710. The first-order valence-corrected chi connectivity index (χ1v) is 16.9. The molecule has 0 amide bonds. The van der Waals surface area contributed by atoms with Crippen LogP contribution >= 0.6 is 0 Å². The zero-order chi connectivity index (χ0) is 28.6. The Balaban J connectivity index is 1.49. The number of hydrogen-bond acceptors (Lipinski definition) is 1. The number of rotatable bonds is 10. The highest BCUT2D eigenvalue weighted by Gasteiger charge is 2.40. The minimum Gasteiger partial charge on any atom is -0.345 e. The Morgan fingerprint density at radius 1 is 0.690 bits per heavy atom. The molecule has 0 spiro atoms. The van der Waals surface area contributed by atoms with Crippen LogP contribution in [0.3, 0.4) is 0 Å². The van der Waals surface area contributed by atoms with E-state index in [2.05, 4.69) is 177 Å². The molecule has 6 aromatic rings. The average Bonchev–Trinajstić information content (AvgIpc) is 3.51. The van der Waals surface area contributed by atoms with Crippen molar-refractivity contribution in [3.63, 3.8) is 0 Å². The van der Waals surface area contributed by atoms with Gasteiger partial charge in [0.05, 0.1) is 5.72 Å². The molecule has 0 fully saturated rings. The molecular formula is C38H34BN2Si. The Morgan fingerprint density at radius 3 is 1.88 bits per heavy atom. The minimum absolute atomic E-state index is 0.841. The highest BCUT2D eigenvalue weighted by molar-refractivity contribution is 7.10. The summed E-state index contributed by atoms with van der Waals surface area (Å²) in [7, 11) is -0.292. The van der Waals surface area contributed by atoms with Crippen LogP contribution in [0.4, 0.5) is 0 Å². The van der Waals surface area contributed by atoms with Gasteiger partial charge in [0.2, 0.25) is 7.28 Å². The van der Waals surface area contributed by atoms with Gasteiger partial charge in [-0.05, 0) is 38.7 Å². The third-order valence-electron chi connectivity index (χ3n) is 8.03. The van der Waals surface area contributed by atoms with E-state index < -0.39 is 8.07 Å². The predicted octanol–water partition coefficient (Wildman–Crippen LogP) is 5.68. The van der Waals surface area contributed by atoms with Gasteiger partial charge in [-0.3, -0.25) is 4.98 Å². The lowest BCUT2D eigenvalue weighted by molar-refractivity contribution is 0.893. The summed E-state index contributed by atoms with van der Waals surface area (Å²) in [5.41, 5.74) is 5.79. The van der Waals surface area contributed by atoms with E-state index in [0.29, 0.717) is 0 Å². The van der Waals surface area contributed by atoms with Gasteiger partial charge >= 0.3 is 0 Å². The molecule has 0 atom stereocenters. The number of nitrogens with zero attached hydrogens (tertiary/aromatic N) is 2. The summed E-state index contributed by atoms with van der Waals surface area (Å²) in [4.78, 5) is 4.91. The first kappa shape index (κ1) is 27.5. The van der Waals surface area contributed by atoms with E-state index in [9.17, 15) is 0 Å². The standard InChI is InChI=1S/C38H34BN2Si/c1-2-31-18-15-25-36(28-31)42(34-21-11-5-12-22-34,35-23-13-6-14-24-35)30-41-27-26-40-38(41)39-37(33-19-9-4-10-20-33)29-32-16-7-3-8-17-32/h3-29H,2,30H2,1H3. The van der Waals surface area contributed by atoms with Crippen LogP contribution in [0.1, 0.15) is 23.6 Å². The van der Waals surface area contributed by atoms with E-state index in [1.54, 1.807) is 0 Å². The molecule has 4 heteroatoms. The lowest BCUT2D eigenvalue weighted by Gasteiger charge is -2.35. The maximum absolute atomic E-state index is 4.91. The fourth-order valence-electron chi connectivity index (χ4n) is 5.83. The average molecular weight is 558 g/mol. The fourth-order valence-corrected chi connectivity index (χ4v) is 10.5. The molecule has 2 nitrogen and oxygen atoms in total. The smallest absolute Gasteiger partial charge is 0.241 e. The van der Waals surface area contributed by atoms with Gasteiger partial charge in [0.15, 0.2) is 8.07 Å². The van der Waals surface area contributed by atoms with Crippen molar-refractivity contribution in [2.24, 2.45) is 0 Å². The number of benzene rings is 5. The molecule has 0 saturated heterocycles. The molecule has 0 bridgehead atoms. The summed E-state index contributed by atoms with van der Waals surface area (Å²) in [5.74, 6) is 0. The minimum atomic E-state index is -2.53. The van der Waals surface area contributed by atoms with Gasteiger partial charge in [0, 0.05) is 18.6 Å². The van der Waals surface area contributed by atoms with Crippen LogP contribution in [-0.2, 0) is 12.6 Å². The monoisotopic (exact) mass is 557 g/mol. The van der Waals surface area contributed by atoms with Crippen molar-refractivity contribution in [3.05, 3.63) is 175 Å². The van der Waals surface area contributed by atoms with Crippen molar-refractivity contribution in [1.82, 2.24) is 9.55 Å². The lowest BCUT2D eigenvalue weighted by atomic mass is 9.65. The van der Waals surface area contributed by atoms with Gasteiger partial charge in [0.1, 0.15) is 0 Å². The Morgan fingerprint density at radius 2 is 1.26 bits per heavy atom.